The zero-order valence-corrected chi connectivity index (χ0v) is 16.8. The summed E-state index contributed by atoms with van der Waals surface area (Å²) in [5, 5.41) is 0. The fraction of sp³-hybridized carbons (Fsp3) is 0.545. The Labute approximate surface area is 173 Å². The van der Waals surface area contributed by atoms with Crippen molar-refractivity contribution in [2.45, 2.75) is 57.8 Å². The average molecular weight is 421 g/mol. The maximum absolute atomic E-state index is 12.8. The number of imidazole rings is 1. The number of alkyl halides is 3. The Hall–Kier alpha value is -2.35. The zero-order chi connectivity index (χ0) is 21.1. The molecule has 1 aliphatic heterocycles. The first kappa shape index (κ1) is 20.9. The van der Waals surface area contributed by atoms with E-state index in [1.807, 2.05) is 34.9 Å². The van der Waals surface area contributed by atoms with E-state index in [0.29, 0.717) is 36.9 Å². The molecule has 162 valence electrons. The maximum Gasteiger partial charge on any atom is 0.491 e. The highest BCUT2D eigenvalue weighted by Crippen LogP contribution is 2.31. The first-order valence-electron chi connectivity index (χ1n) is 10.5. The van der Waals surface area contributed by atoms with Gasteiger partial charge in [0.2, 0.25) is 5.88 Å². The summed E-state index contributed by atoms with van der Waals surface area (Å²) < 4.78 is 45.0. The van der Waals surface area contributed by atoms with Crippen molar-refractivity contribution in [3.05, 3.63) is 47.4 Å². The van der Waals surface area contributed by atoms with Gasteiger partial charge in [-0.1, -0.05) is 49.6 Å². The van der Waals surface area contributed by atoms with Gasteiger partial charge in [0, 0.05) is 32.6 Å². The van der Waals surface area contributed by atoms with Gasteiger partial charge in [-0.2, -0.15) is 18.2 Å². The van der Waals surface area contributed by atoms with Crippen LogP contribution >= 0.6 is 0 Å². The van der Waals surface area contributed by atoms with Crippen LogP contribution in [0.25, 0.3) is 0 Å². The van der Waals surface area contributed by atoms with Gasteiger partial charge < -0.3 is 9.30 Å². The lowest BCUT2D eigenvalue weighted by Crippen LogP contribution is -2.38. The van der Waals surface area contributed by atoms with Crippen LogP contribution in [0.1, 0.15) is 49.2 Å². The van der Waals surface area contributed by atoms with E-state index in [1.54, 1.807) is 0 Å². The summed E-state index contributed by atoms with van der Waals surface area (Å²) in [4.78, 5) is 18.0. The normalized spacial score (nSPS) is 18.2. The van der Waals surface area contributed by atoms with Gasteiger partial charge in [0.05, 0.1) is 5.69 Å². The highest BCUT2D eigenvalue weighted by molar-refractivity contribution is 5.78. The summed E-state index contributed by atoms with van der Waals surface area (Å²) in [6, 6.07) is 9.62. The minimum absolute atomic E-state index is 0.211. The smallest absolute Gasteiger partial charge is 0.399 e. The second kappa shape index (κ2) is 8.79. The standard InChI is InChI=1S/C22H26F3N3O2/c23-22(24,25)21(29)30-20-18-15-27(14-17-9-5-2-6-10-17)11-12-28(18)19(26-20)13-16-7-3-1-4-8-16/h1,3-4,7-8,17H,2,5-6,9-15H2. The van der Waals surface area contributed by atoms with E-state index in [2.05, 4.69) is 9.88 Å². The van der Waals surface area contributed by atoms with Crippen LogP contribution in [0, 0.1) is 5.92 Å². The largest absolute Gasteiger partial charge is 0.491 e. The van der Waals surface area contributed by atoms with Crippen molar-refractivity contribution >= 4 is 5.97 Å². The summed E-state index contributed by atoms with van der Waals surface area (Å²) >= 11 is 0. The van der Waals surface area contributed by atoms with Crippen molar-refractivity contribution < 1.29 is 22.7 Å². The summed E-state index contributed by atoms with van der Waals surface area (Å²) in [6.45, 7) is 2.81. The van der Waals surface area contributed by atoms with E-state index in [9.17, 15) is 18.0 Å². The Bertz CT molecular complexity index is 874. The monoisotopic (exact) mass is 421 g/mol. The van der Waals surface area contributed by atoms with Gasteiger partial charge >= 0.3 is 12.1 Å². The van der Waals surface area contributed by atoms with Crippen molar-refractivity contribution in [1.29, 1.82) is 0 Å². The average Bonchev–Trinajstić information content (AvgIpc) is 3.05. The second-order valence-electron chi connectivity index (χ2n) is 8.22. The van der Waals surface area contributed by atoms with Gasteiger partial charge in [-0.3, -0.25) is 4.90 Å². The van der Waals surface area contributed by atoms with Crippen LogP contribution in [0.4, 0.5) is 13.2 Å². The SMILES string of the molecule is O=C(Oc1nc(Cc2ccccc2)n2c1CN(CC1CCCCC1)CC2)C(F)(F)F. The molecule has 4 rings (SSSR count). The van der Waals surface area contributed by atoms with Crippen molar-refractivity contribution in [3.63, 3.8) is 0 Å². The molecule has 1 aliphatic carbocycles. The van der Waals surface area contributed by atoms with Gasteiger partial charge in [-0.15, -0.1) is 0 Å². The van der Waals surface area contributed by atoms with Crippen LogP contribution < -0.4 is 4.74 Å². The molecule has 5 nitrogen and oxygen atoms in total. The molecule has 0 unspecified atom stereocenters. The number of hydrogen-bond donors (Lipinski definition) is 0. The molecule has 0 radical (unpaired) electrons. The van der Waals surface area contributed by atoms with Crippen LogP contribution in [0.15, 0.2) is 30.3 Å². The number of hydrogen-bond acceptors (Lipinski definition) is 4. The lowest BCUT2D eigenvalue weighted by Gasteiger charge is -2.33. The molecule has 0 amide bonds. The second-order valence-corrected chi connectivity index (χ2v) is 8.22. The molecule has 0 N–H and O–H groups in total. The molecule has 1 aromatic heterocycles. The lowest BCUT2D eigenvalue weighted by molar-refractivity contribution is -0.190. The molecule has 1 fully saturated rings. The molecule has 0 spiro atoms. The van der Waals surface area contributed by atoms with Crippen molar-refractivity contribution in [3.8, 4) is 5.88 Å². The van der Waals surface area contributed by atoms with E-state index in [1.165, 1.54) is 32.1 Å². The number of fused-ring (bicyclic) bond motifs is 1. The van der Waals surface area contributed by atoms with Crippen molar-refractivity contribution in [1.82, 2.24) is 14.5 Å². The molecule has 2 aliphatic rings. The number of benzene rings is 1. The molecule has 1 aromatic carbocycles. The minimum atomic E-state index is -5.05. The first-order valence-corrected chi connectivity index (χ1v) is 10.5. The van der Waals surface area contributed by atoms with Crippen LogP contribution in [0.2, 0.25) is 0 Å². The molecular weight excluding hydrogens is 395 g/mol. The Balaban J connectivity index is 1.57. The number of carbonyl (C=O) groups excluding carboxylic acids is 1. The minimum Gasteiger partial charge on any atom is -0.399 e. The fourth-order valence-electron chi connectivity index (χ4n) is 4.49. The molecule has 8 heteroatoms. The Morgan fingerprint density at radius 1 is 1.10 bits per heavy atom. The summed E-state index contributed by atoms with van der Waals surface area (Å²) in [5.74, 6) is -1.19. The van der Waals surface area contributed by atoms with E-state index >= 15 is 0 Å². The molecule has 30 heavy (non-hydrogen) atoms. The molecule has 0 bridgehead atoms. The predicted octanol–water partition coefficient (Wildman–Crippen LogP) is 4.34. The number of ether oxygens (including phenoxy) is 1. The van der Waals surface area contributed by atoms with E-state index in [-0.39, 0.29) is 5.88 Å². The summed E-state index contributed by atoms with van der Waals surface area (Å²) in [5.41, 5.74) is 1.56. The topological polar surface area (TPSA) is 47.4 Å². The molecular formula is C22H26F3N3O2. The number of carbonyl (C=O) groups is 1. The van der Waals surface area contributed by atoms with Gasteiger partial charge in [0.15, 0.2) is 0 Å². The van der Waals surface area contributed by atoms with Gasteiger partial charge in [-0.25, -0.2) is 4.79 Å². The van der Waals surface area contributed by atoms with Gasteiger partial charge in [0.25, 0.3) is 0 Å². The number of esters is 1. The van der Waals surface area contributed by atoms with Crippen molar-refractivity contribution in [2.75, 3.05) is 13.1 Å². The third-order valence-electron chi connectivity index (χ3n) is 6.00. The van der Waals surface area contributed by atoms with Crippen LogP contribution in [-0.2, 0) is 24.3 Å². The third-order valence-corrected chi connectivity index (χ3v) is 6.00. The summed E-state index contributed by atoms with van der Waals surface area (Å²) in [6.07, 6.45) is 1.59. The predicted molar refractivity (Wildman–Crippen MR) is 105 cm³/mol. The molecule has 2 aromatic rings. The molecule has 0 saturated heterocycles. The number of halogens is 3. The van der Waals surface area contributed by atoms with E-state index < -0.39 is 12.1 Å². The Kier molecular flexibility index (Phi) is 6.13. The number of nitrogens with zero attached hydrogens (tertiary/aromatic N) is 3. The first-order chi connectivity index (χ1) is 14.4. The zero-order valence-electron chi connectivity index (χ0n) is 16.8. The van der Waals surface area contributed by atoms with Gasteiger partial charge in [0.1, 0.15) is 5.82 Å². The third kappa shape index (κ3) is 4.86. The fourth-order valence-corrected chi connectivity index (χ4v) is 4.49. The number of rotatable bonds is 5. The van der Waals surface area contributed by atoms with Gasteiger partial charge in [-0.05, 0) is 24.3 Å². The quantitative estimate of drug-likeness (QED) is 0.674. The lowest BCUT2D eigenvalue weighted by atomic mass is 9.89. The van der Waals surface area contributed by atoms with E-state index in [4.69, 9.17) is 4.74 Å². The van der Waals surface area contributed by atoms with Crippen LogP contribution in [-0.4, -0.2) is 39.7 Å². The molecule has 2 heterocycles. The maximum atomic E-state index is 12.8. The molecule has 0 atom stereocenters. The highest BCUT2D eigenvalue weighted by Gasteiger charge is 2.42. The summed E-state index contributed by atoms with van der Waals surface area (Å²) in [7, 11) is 0. The van der Waals surface area contributed by atoms with E-state index in [0.717, 1.165) is 18.7 Å². The van der Waals surface area contributed by atoms with Crippen LogP contribution in [0.3, 0.4) is 0 Å². The Morgan fingerprint density at radius 2 is 1.83 bits per heavy atom. The number of aromatic nitrogens is 2. The van der Waals surface area contributed by atoms with Crippen molar-refractivity contribution in [2.24, 2.45) is 5.92 Å². The molecule has 1 saturated carbocycles. The van der Waals surface area contributed by atoms with Crippen LogP contribution in [0.5, 0.6) is 5.88 Å². The highest BCUT2D eigenvalue weighted by atomic mass is 19.4. The Morgan fingerprint density at radius 3 is 2.53 bits per heavy atom.